The highest BCUT2D eigenvalue weighted by Gasteiger charge is 2.14. The fourth-order valence-corrected chi connectivity index (χ4v) is 2.27. The van der Waals surface area contributed by atoms with Crippen LogP contribution in [0, 0.1) is 5.92 Å². The van der Waals surface area contributed by atoms with Crippen LogP contribution in [0.5, 0.6) is 5.75 Å². The van der Waals surface area contributed by atoms with E-state index in [4.69, 9.17) is 27.9 Å². The highest BCUT2D eigenvalue weighted by atomic mass is 35.5. The minimum Gasteiger partial charge on any atom is -0.492 e. The summed E-state index contributed by atoms with van der Waals surface area (Å²) in [6.07, 6.45) is 0. The van der Waals surface area contributed by atoms with Crippen molar-refractivity contribution in [3.8, 4) is 5.75 Å². The van der Waals surface area contributed by atoms with Crippen molar-refractivity contribution in [1.29, 1.82) is 0 Å². The summed E-state index contributed by atoms with van der Waals surface area (Å²) >= 11 is 11.9. The summed E-state index contributed by atoms with van der Waals surface area (Å²) in [5.41, 5.74) is 0.976. The van der Waals surface area contributed by atoms with E-state index in [1.807, 2.05) is 6.07 Å². The molecule has 2 rings (SSSR count). The summed E-state index contributed by atoms with van der Waals surface area (Å²) in [4.78, 5) is 12.4. The zero-order valence-electron chi connectivity index (χ0n) is 12.4. The first-order chi connectivity index (χ1) is 10.5. The van der Waals surface area contributed by atoms with E-state index in [0.29, 0.717) is 39.6 Å². The van der Waals surface area contributed by atoms with E-state index >= 15 is 0 Å². The molecule has 0 aliphatic carbocycles. The smallest absolute Gasteiger partial charge is 0.259 e. The lowest BCUT2D eigenvalue weighted by Crippen LogP contribution is -2.15. The first-order valence-electron chi connectivity index (χ1n) is 6.95. The Labute approximate surface area is 140 Å². The van der Waals surface area contributed by atoms with Gasteiger partial charge in [0.2, 0.25) is 0 Å². The van der Waals surface area contributed by atoms with Crippen molar-refractivity contribution in [1.82, 2.24) is 0 Å². The van der Waals surface area contributed by atoms with Crippen molar-refractivity contribution >= 4 is 34.8 Å². The molecule has 0 radical (unpaired) electrons. The van der Waals surface area contributed by atoms with Gasteiger partial charge < -0.3 is 10.1 Å². The maximum absolute atomic E-state index is 12.4. The lowest BCUT2D eigenvalue weighted by atomic mass is 10.1. The average molecular weight is 338 g/mol. The largest absolute Gasteiger partial charge is 0.492 e. The fourth-order valence-electron chi connectivity index (χ4n) is 1.82. The van der Waals surface area contributed by atoms with Crippen LogP contribution >= 0.6 is 23.2 Å². The van der Waals surface area contributed by atoms with Gasteiger partial charge in [0.1, 0.15) is 5.75 Å². The van der Waals surface area contributed by atoms with Crippen LogP contribution in [0.15, 0.2) is 42.5 Å². The first-order valence-corrected chi connectivity index (χ1v) is 7.71. The zero-order valence-corrected chi connectivity index (χ0v) is 13.9. The predicted octanol–water partition coefficient (Wildman–Crippen LogP) is 5.28. The molecule has 5 heteroatoms. The van der Waals surface area contributed by atoms with Crippen LogP contribution in [0.4, 0.5) is 5.69 Å². The molecular formula is C17H17Cl2NO2. The Balaban J connectivity index is 2.18. The Bertz CT molecular complexity index is 671. The van der Waals surface area contributed by atoms with Crippen LogP contribution in [-0.2, 0) is 0 Å². The molecule has 1 N–H and O–H groups in total. The molecule has 0 aromatic heterocycles. The van der Waals surface area contributed by atoms with Gasteiger partial charge in [-0.3, -0.25) is 4.79 Å². The molecule has 2 aromatic rings. The van der Waals surface area contributed by atoms with E-state index < -0.39 is 0 Å². The molecule has 0 fully saturated rings. The van der Waals surface area contributed by atoms with Crippen LogP contribution in [0.3, 0.4) is 0 Å². The molecule has 22 heavy (non-hydrogen) atoms. The number of benzene rings is 2. The van der Waals surface area contributed by atoms with E-state index in [9.17, 15) is 4.79 Å². The number of amides is 1. The van der Waals surface area contributed by atoms with E-state index in [2.05, 4.69) is 19.2 Å². The van der Waals surface area contributed by atoms with Crippen molar-refractivity contribution in [2.24, 2.45) is 5.92 Å². The number of ether oxygens (including phenoxy) is 1. The van der Waals surface area contributed by atoms with Crippen molar-refractivity contribution < 1.29 is 9.53 Å². The van der Waals surface area contributed by atoms with Gasteiger partial charge in [0, 0.05) is 5.02 Å². The van der Waals surface area contributed by atoms with Crippen molar-refractivity contribution in [3.05, 3.63) is 58.1 Å². The number of nitrogens with one attached hydrogen (secondary N) is 1. The number of halogens is 2. The molecule has 2 aromatic carbocycles. The summed E-state index contributed by atoms with van der Waals surface area (Å²) in [6, 6.07) is 12.0. The van der Waals surface area contributed by atoms with Gasteiger partial charge in [0.05, 0.1) is 22.9 Å². The van der Waals surface area contributed by atoms with Gasteiger partial charge in [-0.15, -0.1) is 0 Å². The summed E-state index contributed by atoms with van der Waals surface area (Å²) in [5.74, 6) is 0.657. The summed E-state index contributed by atoms with van der Waals surface area (Å²) in [6.45, 7) is 4.65. The Morgan fingerprint density at radius 1 is 1.18 bits per heavy atom. The van der Waals surface area contributed by atoms with Gasteiger partial charge in [0.15, 0.2) is 0 Å². The Hall–Kier alpha value is -1.71. The summed E-state index contributed by atoms with van der Waals surface area (Å²) in [7, 11) is 0. The quantitative estimate of drug-likeness (QED) is 0.805. The topological polar surface area (TPSA) is 38.3 Å². The number of carbonyl (C=O) groups is 1. The number of para-hydroxylation sites is 1. The number of hydrogen-bond acceptors (Lipinski definition) is 2. The molecule has 0 atom stereocenters. The fraction of sp³-hybridized carbons (Fsp3) is 0.235. The van der Waals surface area contributed by atoms with Crippen LogP contribution < -0.4 is 10.1 Å². The normalized spacial score (nSPS) is 10.6. The second kappa shape index (κ2) is 7.52. The number of rotatable bonds is 5. The molecule has 0 aliphatic heterocycles. The maximum Gasteiger partial charge on any atom is 0.259 e. The van der Waals surface area contributed by atoms with E-state index in [-0.39, 0.29) is 5.91 Å². The van der Waals surface area contributed by atoms with Crippen LogP contribution in [-0.4, -0.2) is 12.5 Å². The minimum atomic E-state index is -0.274. The Morgan fingerprint density at radius 2 is 1.91 bits per heavy atom. The molecular weight excluding hydrogens is 321 g/mol. The molecule has 0 bridgehead atoms. The monoisotopic (exact) mass is 337 g/mol. The van der Waals surface area contributed by atoms with Gasteiger partial charge in [-0.1, -0.05) is 49.2 Å². The number of carbonyl (C=O) groups excluding carboxylic acids is 1. The molecule has 3 nitrogen and oxygen atoms in total. The van der Waals surface area contributed by atoms with Gasteiger partial charge >= 0.3 is 0 Å². The molecule has 0 spiro atoms. The lowest BCUT2D eigenvalue weighted by molar-refractivity contribution is 0.102. The van der Waals surface area contributed by atoms with Crippen LogP contribution in [0.1, 0.15) is 24.2 Å². The third kappa shape index (κ3) is 4.39. The van der Waals surface area contributed by atoms with Crippen molar-refractivity contribution in [3.63, 3.8) is 0 Å². The highest BCUT2D eigenvalue weighted by molar-refractivity contribution is 6.36. The van der Waals surface area contributed by atoms with Crippen LogP contribution in [0.2, 0.25) is 10.0 Å². The molecule has 0 saturated heterocycles. The second-order valence-corrected chi connectivity index (χ2v) is 6.12. The highest BCUT2D eigenvalue weighted by Crippen LogP contribution is 2.27. The van der Waals surface area contributed by atoms with E-state index in [1.54, 1.807) is 36.4 Å². The summed E-state index contributed by atoms with van der Waals surface area (Å²) in [5, 5.41) is 3.68. The molecule has 0 saturated carbocycles. The Kier molecular flexibility index (Phi) is 5.69. The summed E-state index contributed by atoms with van der Waals surface area (Å²) < 4.78 is 5.69. The van der Waals surface area contributed by atoms with Crippen molar-refractivity contribution in [2.75, 3.05) is 11.9 Å². The van der Waals surface area contributed by atoms with Gasteiger partial charge in [0.25, 0.3) is 5.91 Å². The van der Waals surface area contributed by atoms with Crippen molar-refractivity contribution in [2.45, 2.75) is 13.8 Å². The number of anilines is 1. The molecule has 0 heterocycles. The average Bonchev–Trinajstić information content (AvgIpc) is 2.48. The van der Waals surface area contributed by atoms with E-state index in [0.717, 1.165) is 0 Å². The third-order valence-corrected chi connectivity index (χ3v) is 3.43. The first kappa shape index (κ1) is 16.7. The predicted molar refractivity (Wildman–Crippen MR) is 91.2 cm³/mol. The molecule has 0 unspecified atom stereocenters. The standard InChI is InChI=1S/C17H17Cl2NO2/c1-11(2)10-22-16-6-4-3-5-13(16)17(21)20-15-8-7-12(18)9-14(15)19/h3-9,11H,10H2,1-2H3,(H,20,21). The van der Waals surface area contributed by atoms with Gasteiger partial charge in [-0.25, -0.2) is 0 Å². The SMILES string of the molecule is CC(C)COc1ccccc1C(=O)Nc1ccc(Cl)cc1Cl. The van der Waals surface area contributed by atoms with E-state index in [1.165, 1.54) is 0 Å². The van der Waals surface area contributed by atoms with Gasteiger partial charge in [-0.05, 0) is 36.2 Å². The third-order valence-electron chi connectivity index (χ3n) is 2.88. The van der Waals surface area contributed by atoms with Gasteiger partial charge in [-0.2, -0.15) is 0 Å². The maximum atomic E-state index is 12.4. The molecule has 116 valence electrons. The molecule has 0 aliphatic rings. The van der Waals surface area contributed by atoms with Crippen LogP contribution in [0.25, 0.3) is 0 Å². The lowest BCUT2D eigenvalue weighted by Gasteiger charge is -2.13. The second-order valence-electron chi connectivity index (χ2n) is 5.28. The zero-order chi connectivity index (χ0) is 16.1. The number of hydrogen-bond donors (Lipinski definition) is 1. The molecule has 1 amide bonds. The Morgan fingerprint density at radius 3 is 2.59 bits per heavy atom. The minimum absolute atomic E-state index is 0.274.